The van der Waals surface area contributed by atoms with Crippen LogP contribution < -0.4 is 4.90 Å². The summed E-state index contributed by atoms with van der Waals surface area (Å²) in [6.07, 6.45) is 4.23. The molecule has 1 amide bonds. The van der Waals surface area contributed by atoms with Crippen molar-refractivity contribution in [1.29, 1.82) is 0 Å². The topological polar surface area (TPSA) is 20.3 Å². The van der Waals surface area contributed by atoms with Crippen LogP contribution >= 0.6 is 11.8 Å². The largest absolute Gasteiger partial charge is 0.311 e. The molecule has 3 rings (SSSR count). The highest BCUT2D eigenvalue weighted by Gasteiger charge is 2.39. The third-order valence-electron chi connectivity index (χ3n) is 3.26. The highest BCUT2D eigenvalue weighted by molar-refractivity contribution is 7.99. The normalized spacial score (nSPS) is 23.1. The number of carbonyl (C=O) groups excluding carboxylic acids is 1. The van der Waals surface area contributed by atoms with E-state index in [4.69, 9.17) is 0 Å². The number of hydrogen-bond acceptors (Lipinski definition) is 2. The lowest BCUT2D eigenvalue weighted by molar-refractivity contribution is -0.117. The second kappa shape index (κ2) is 3.27. The lowest BCUT2D eigenvalue weighted by Crippen LogP contribution is -2.32. The number of benzene rings is 1. The molecule has 1 unspecified atom stereocenters. The van der Waals surface area contributed by atoms with Crippen molar-refractivity contribution in [3.8, 4) is 0 Å². The second-order valence-electron chi connectivity index (χ2n) is 4.06. The van der Waals surface area contributed by atoms with Crippen molar-refractivity contribution >= 4 is 23.4 Å². The van der Waals surface area contributed by atoms with Crippen LogP contribution in [-0.4, -0.2) is 18.7 Å². The van der Waals surface area contributed by atoms with E-state index < -0.39 is 0 Å². The van der Waals surface area contributed by atoms with Gasteiger partial charge in [0.1, 0.15) is 5.25 Å². The molecule has 3 heteroatoms. The van der Waals surface area contributed by atoms with Gasteiger partial charge in [-0.2, -0.15) is 0 Å². The van der Waals surface area contributed by atoms with Gasteiger partial charge in [0.2, 0.25) is 5.91 Å². The van der Waals surface area contributed by atoms with Crippen molar-refractivity contribution in [2.75, 3.05) is 17.7 Å². The highest BCUT2D eigenvalue weighted by Crippen LogP contribution is 2.46. The van der Waals surface area contributed by atoms with Crippen molar-refractivity contribution in [1.82, 2.24) is 0 Å². The van der Waals surface area contributed by atoms with Crippen molar-refractivity contribution in [3.05, 3.63) is 29.3 Å². The third kappa shape index (κ3) is 1.16. The van der Waals surface area contributed by atoms with Gasteiger partial charge >= 0.3 is 0 Å². The molecule has 15 heavy (non-hydrogen) atoms. The van der Waals surface area contributed by atoms with Gasteiger partial charge in [-0.3, -0.25) is 4.79 Å². The van der Waals surface area contributed by atoms with Crippen LogP contribution in [0.1, 0.15) is 22.8 Å². The van der Waals surface area contributed by atoms with E-state index in [0.717, 1.165) is 19.4 Å². The number of para-hydroxylation sites is 1. The Balaban J connectivity index is 2.22. The van der Waals surface area contributed by atoms with Gasteiger partial charge in [0.05, 0.1) is 5.69 Å². The Morgan fingerprint density at radius 1 is 1.47 bits per heavy atom. The minimum absolute atomic E-state index is 0.0399. The molecule has 0 aliphatic carbocycles. The number of rotatable bonds is 1. The molecular formula is C12H13NOS. The van der Waals surface area contributed by atoms with Crippen LogP contribution in [0.25, 0.3) is 0 Å². The summed E-state index contributed by atoms with van der Waals surface area (Å²) in [6.45, 7) is 0.903. The lowest BCUT2D eigenvalue weighted by Gasteiger charge is -2.25. The lowest BCUT2D eigenvalue weighted by atomic mass is 10.0. The van der Waals surface area contributed by atoms with E-state index in [1.807, 2.05) is 11.2 Å². The van der Waals surface area contributed by atoms with E-state index in [-0.39, 0.29) is 11.2 Å². The van der Waals surface area contributed by atoms with Crippen LogP contribution in [0, 0.1) is 0 Å². The van der Waals surface area contributed by atoms with E-state index >= 15 is 0 Å². The number of carbonyl (C=O) groups is 1. The SMILES string of the molecule is CSC1C(=O)N2CCCc3cccc1c32. The smallest absolute Gasteiger partial charge is 0.244 e. The fraction of sp³-hybridized carbons (Fsp3) is 0.417. The molecule has 1 aromatic carbocycles. The van der Waals surface area contributed by atoms with Gasteiger partial charge in [-0.05, 0) is 30.2 Å². The number of hydrogen-bond donors (Lipinski definition) is 0. The molecule has 2 aliphatic rings. The van der Waals surface area contributed by atoms with E-state index in [2.05, 4.69) is 18.2 Å². The van der Waals surface area contributed by atoms with Gasteiger partial charge in [0.15, 0.2) is 0 Å². The zero-order chi connectivity index (χ0) is 10.4. The Morgan fingerprint density at radius 2 is 2.33 bits per heavy atom. The molecule has 2 aliphatic heterocycles. The van der Waals surface area contributed by atoms with E-state index in [1.54, 1.807) is 11.8 Å². The van der Waals surface area contributed by atoms with Crippen molar-refractivity contribution < 1.29 is 4.79 Å². The molecule has 2 nitrogen and oxygen atoms in total. The molecule has 0 radical (unpaired) electrons. The highest BCUT2D eigenvalue weighted by atomic mass is 32.2. The van der Waals surface area contributed by atoms with Crippen LogP contribution in [0.4, 0.5) is 5.69 Å². The maximum atomic E-state index is 12.1. The molecule has 1 aromatic rings. The number of anilines is 1. The summed E-state index contributed by atoms with van der Waals surface area (Å²) in [4.78, 5) is 14.1. The Kier molecular flexibility index (Phi) is 2.02. The molecule has 0 fully saturated rings. The Labute approximate surface area is 93.7 Å². The predicted octanol–water partition coefficient (Wildman–Crippen LogP) is 2.38. The van der Waals surface area contributed by atoms with Crippen molar-refractivity contribution in [3.63, 3.8) is 0 Å². The summed E-state index contributed by atoms with van der Waals surface area (Å²) in [5.74, 6) is 0.282. The fourth-order valence-electron chi connectivity index (χ4n) is 2.62. The van der Waals surface area contributed by atoms with Crippen LogP contribution in [-0.2, 0) is 11.2 Å². The van der Waals surface area contributed by atoms with Crippen LogP contribution in [0.3, 0.4) is 0 Å². The number of aryl methyl sites for hydroxylation is 1. The summed E-state index contributed by atoms with van der Waals surface area (Å²) >= 11 is 1.65. The first-order valence-corrected chi connectivity index (χ1v) is 6.57. The molecule has 0 saturated carbocycles. The Hall–Kier alpha value is -0.960. The van der Waals surface area contributed by atoms with Gasteiger partial charge < -0.3 is 4.90 Å². The van der Waals surface area contributed by atoms with E-state index in [0.29, 0.717) is 0 Å². The maximum absolute atomic E-state index is 12.1. The Morgan fingerprint density at radius 3 is 3.13 bits per heavy atom. The zero-order valence-electron chi connectivity index (χ0n) is 8.69. The predicted molar refractivity (Wildman–Crippen MR) is 63.4 cm³/mol. The number of nitrogens with zero attached hydrogens (tertiary/aromatic N) is 1. The average molecular weight is 219 g/mol. The number of thioether (sulfide) groups is 1. The van der Waals surface area contributed by atoms with Crippen molar-refractivity contribution in [2.24, 2.45) is 0 Å². The van der Waals surface area contributed by atoms with Gasteiger partial charge in [-0.25, -0.2) is 0 Å². The van der Waals surface area contributed by atoms with E-state index in [9.17, 15) is 4.79 Å². The van der Waals surface area contributed by atoms with Crippen LogP contribution in [0.2, 0.25) is 0 Å². The fourth-order valence-corrected chi connectivity index (χ4v) is 3.39. The summed E-state index contributed by atoms with van der Waals surface area (Å²) in [7, 11) is 0. The molecular weight excluding hydrogens is 206 g/mol. The van der Waals surface area contributed by atoms with Gasteiger partial charge in [0.25, 0.3) is 0 Å². The van der Waals surface area contributed by atoms with Crippen LogP contribution in [0.15, 0.2) is 18.2 Å². The first-order valence-electron chi connectivity index (χ1n) is 5.29. The first-order chi connectivity index (χ1) is 7.33. The summed E-state index contributed by atoms with van der Waals surface area (Å²) in [6, 6.07) is 6.34. The average Bonchev–Trinajstić information content (AvgIpc) is 2.55. The molecule has 0 aromatic heterocycles. The molecule has 2 heterocycles. The van der Waals surface area contributed by atoms with Gasteiger partial charge in [-0.1, -0.05) is 18.2 Å². The minimum atomic E-state index is 0.0399. The second-order valence-corrected chi connectivity index (χ2v) is 5.01. The molecule has 0 saturated heterocycles. The maximum Gasteiger partial charge on any atom is 0.244 e. The third-order valence-corrected chi connectivity index (χ3v) is 4.18. The number of amides is 1. The van der Waals surface area contributed by atoms with Crippen molar-refractivity contribution in [2.45, 2.75) is 18.1 Å². The molecule has 1 atom stereocenters. The zero-order valence-corrected chi connectivity index (χ0v) is 9.51. The summed E-state index contributed by atoms with van der Waals surface area (Å²) in [5, 5.41) is 0.0399. The Bertz CT molecular complexity index is 430. The first kappa shape index (κ1) is 9.28. The summed E-state index contributed by atoms with van der Waals surface area (Å²) in [5.41, 5.74) is 3.79. The minimum Gasteiger partial charge on any atom is -0.311 e. The van der Waals surface area contributed by atoms with Crippen LogP contribution in [0.5, 0.6) is 0 Å². The quantitative estimate of drug-likeness (QED) is 0.723. The molecule has 0 bridgehead atoms. The molecule has 78 valence electrons. The van der Waals surface area contributed by atoms with Gasteiger partial charge in [0, 0.05) is 6.54 Å². The molecule has 0 spiro atoms. The monoisotopic (exact) mass is 219 g/mol. The van der Waals surface area contributed by atoms with Gasteiger partial charge in [-0.15, -0.1) is 11.8 Å². The molecule has 0 N–H and O–H groups in total. The summed E-state index contributed by atoms with van der Waals surface area (Å²) < 4.78 is 0. The standard InChI is InChI=1S/C12H13NOS/c1-15-11-9-6-2-4-8-5-3-7-13(10(8)9)12(11)14/h2,4,6,11H,3,5,7H2,1H3. The van der Waals surface area contributed by atoms with E-state index in [1.165, 1.54) is 16.8 Å².